The summed E-state index contributed by atoms with van der Waals surface area (Å²) >= 11 is 0. The first kappa shape index (κ1) is 12.8. The van der Waals surface area contributed by atoms with Gasteiger partial charge in [0, 0.05) is 0 Å². The summed E-state index contributed by atoms with van der Waals surface area (Å²) in [6.45, 7) is -0.729. The molecule has 0 aromatic rings. The number of amides is 2. The molecule has 0 radical (unpaired) electrons. The van der Waals surface area contributed by atoms with Crippen LogP contribution in [0.15, 0.2) is 0 Å². The average Bonchev–Trinajstić information content (AvgIpc) is 2.04. The number of carbonyl (C=O) groups is 1. The summed E-state index contributed by atoms with van der Waals surface area (Å²) < 4.78 is 0. The molecule has 8 N–H and O–H groups in total. The van der Waals surface area contributed by atoms with Crippen LogP contribution in [0.1, 0.15) is 0 Å². The first-order valence-electron chi connectivity index (χ1n) is 2.74. The third kappa shape index (κ3) is 17.6. The summed E-state index contributed by atoms with van der Waals surface area (Å²) in [5, 5.41) is 24.0. The van der Waals surface area contributed by atoms with E-state index in [-0.39, 0.29) is 13.2 Å². The fourth-order valence-electron chi connectivity index (χ4n) is 0.0577. The summed E-state index contributed by atoms with van der Waals surface area (Å²) in [6.07, 6.45) is -0.954. The Hall–Kier alpha value is -0.890. The van der Waals surface area contributed by atoms with Crippen molar-refractivity contribution in [1.29, 1.82) is 0 Å². The standard InChI is InChI=1S/C3H8O3.CH5N3O/c4-1-3(6)2-5;2-1(5)4-3/h3-6H,1-2H2;3H2,(H3,2,4,5). The van der Waals surface area contributed by atoms with E-state index in [0.29, 0.717) is 0 Å². The van der Waals surface area contributed by atoms with Gasteiger partial charge in [-0.3, -0.25) is 5.43 Å². The van der Waals surface area contributed by atoms with Crippen LogP contribution in [0.5, 0.6) is 0 Å². The lowest BCUT2D eigenvalue weighted by atomic mass is 10.4. The van der Waals surface area contributed by atoms with Gasteiger partial charge in [0.25, 0.3) is 0 Å². The van der Waals surface area contributed by atoms with Crippen molar-refractivity contribution in [2.75, 3.05) is 13.2 Å². The second kappa shape index (κ2) is 9.11. The van der Waals surface area contributed by atoms with Crippen molar-refractivity contribution in [3.63, 3.8) is 0 Å². The van der Waals surface area contributed by atoms with Gasteiger partial charge < -0.3 is 21.1 Å². The number of hydrogen-bond acceptors (Lipinski definition) is 5. The molecule has 0 saturated heterocycles. The van der Waals surface area contributed by atoms with E-state index in [4.69, 9.17) is 15.3 Å². The van der Waals surface area contributed by atoms with Crippen molar-refractivity contribution in [3.8, 4) is 0 Å². The van der Waals surface area contributed by atoms with Crippen molar-refractivity contribution in [1.82, 2.24) is 5.43 Å². The summed E-state index contributed by atoms with van der Waals surface area (Å²) in [5.74, 6) is 4.45. The smallest absolute Gasteiger partial charge is 0.326 e. The zero-order valence-electron chi connectivity index (χ0n) is 5.90. The van der Waals surface area contributed by atoms with Crippen LogP contribution in [0, 0.1) is 0 Å². The number of nitrogens with two attached hydrogens (primary N) is 2. The van der Waals surface area contributed by atoms with Crippen LogP contribution < -0.4 is 17.0 Å². The molecule has 0 spiro atoms. The SMILES string of the molecule is NNC(N)=O.OCC(O)CO. The van der Waals surface area contributed by atoms with Crippen LogP contribution in [0.25, 0.3) is 0 Å². The van der Waals surface area contributed by atoms with Crippen LogP contribution in [-0.4, -0.2) is 40.7 Å². The van der Waals surface area contributed by atoms with Crippen LogP contribution >= 0.6 is 0 Å². The Balaban J connectivity index is 0. The second-order valence-electron chi connectivity index (χ2n) is 1.53. The molecule has 0 rings (SSSR count). The fourth-order valence-corrected chi connectivity index (χ4v) is 0.0577. The Morgan fingerprint density at radius 2 is 1.73 bits per heavy atom. The molecule has 7 nitrogen and oxygen atoms in total. The van der Waals surface area contributed by atoms with Gasteiger partial charge in [0.1, 0.15) is 6.10 Å². The van der Waals surface area contributed by atoms with Gasteiger partial charge in [-0.2, -0.15) is 0 Å². The van der Waals surface area contributed by atoms with Crippen molar-refractivity contribution >= 4 is 6.03 Å². The van der Waals surface area contributed by atoms with Crippen LogP contribution in [0.4, 0.5) is 4.79 Å². The third-order valence-corrected chi connectivity index (χ3v) is 0.564. The molecule has 0 unspecified atom stereocenters. The molecule has 2 amide bonds. The minimum absolute atomic E-state index is 0.365. The van der Waals surface area contributed by atoms with Gasteiger partial charge in [-0.15, -0.1) is 0 Å². The number of nitrogens with one attached hydrogen (secondary N) is 1. The topological polar surface area (TPSA) is 142 Å². The maximum absolute atomic E-state index is 9.35. The van der Waals surface area contributed by atoms with Gasteiger partial charge in [0.2, 0.25) is 0 Å². The second-order valence-corrected chi connectivity index (χ2v) is 1.53. The monoisotopic (exact) mass is 167 g/mol. The molecule has 0 fully saturated rings. The maximum Gasteiger partial charge on any atom is 0.326 e. The molecule has 0 aliphatic rings. The molecule has 0 atom stereocenters. The lowest BCUT2D eigenvalue weighted by molar-refractivity contribution is 0.0450. The average molecular weight is 167 g/mol. The zero-order valence-corrected chi connectivity index (χ0v) is 5.90. The predicted molar refractivity (Wildman–Crippen MR) is 37.1 cm³/mol. The van der Waals surface area contributed by atoms with E-state index in [1.807, 2.05) is 0 Å². The largest absolute Gasteiger partial charge is 0.394 e. The lowest BCUT2D eigenvalue weighted by Crippen LogP contribution is -2.34. The summed E-state index contributed by atoms with van der Waals surface area (Å²) in [4.78, 5) is 9.35. The molecular weight excluding hydrogens is 154 g/mol. The van der Waals surface area contributed by atoms with Crippen molar-refractivity contribution in [2.24, 2.45) is 11.6 Å². The molecule has 0 aliphatic carbocycles. The highest BCUT2D eigenvalue weighted by molar-refractivity contribution is 5.70. The molecule has 0 heterocycles. The van der Waals surface area contributed by atoms with E-state index >= 15 is 0 Å². The number of rotatable bonds is 2. The van der Waals surface area contributed by atoms with E-state index in [1.54, 1.807) is 5.43 Å². The number of hydrogen-bond donors (Lipinski definition) is 6. The van der Waals surface area contributed by atoms with Crippen molar-refractivity contribution < 1.29 is 20.1 Å². The van der Waals surface area contributed by atoms with E-state index in [2.05, 4.69) is 11.6 Å². The van der Waals surface area contributed by atoms with Crippen LogP contribution in [-0.2, 0) is 0 Å². The summed E-state index contributed by atoms with van der Waals surface area (Å²) in [5.41, 5.74) is 6.08. The first-order chi connectivity index (χ1) is 5.08. The van der Waals surface area contributed by atoms with Gasteiger partial charge in [-0.25, -0.2) is 10.6 Å². The highest BCUT2D eigenvalue weighted by Gasteiger charge is 1.93. The zero-order chi connectivity index (χ0) is 9.28. The van der Waals surface area contributed by atoms with E-state index in [0.717, 1.165) is 0 Å². The van der Waals surface area contributed by atoms with Gasteiger partial charge in [-0.05, 0) is 0 Å². The van der Waals surface area contributed by atoms with Gasteiger partial charge in [0.15, 0.2) is 0 Å². The predicted octanol–water partition coefficient (Wildman–Crippen LogP) is -3.14. The van der Waals surface area contributed by atoms with E-state index < -0.39 is 12.1 Å². The maximum atomic E-state index is 9.35. The van der Waals surface area contributed by atoms with Gasteiger partial charge in [0.05, 0.1) is 13.2 Å². The van der Waals surface area contributed by atoms with E-state index in [1.165, 1.54) is 0 Å². The fraction of sp³-hybridized carbons (Fsp3) is 0.750. The quantitative estimate of drug-likeness (QED) is 0.146. The Labute approximate surface area is 63.6 Å². The van der Waals surface area contributed by atoms with Crippen LogP contribution in [0.2, 0.25) is 0 Å². The molecular formula is C4H13N3O4. The van der Waals surface area contributed by atoms with E-state index in [9.17, 15) is 4.79 Å². The number of primary amides is 1. The number of aliphatic hydroxyl groups excluding tert-OH is 3. The number of urea groups is 1. The molecule has 0 bridgehead atoms. The molecule has 0 aromatic carbocycles. The van der Waals surface area contributed by atoms with Gasteiger partial charge in [-0.1, -0.05) is 0 Å². The Kier molecular flexibility index (Phi) is 10.6. The van der Waals surface area contributed by atoms with Crippen LogP contribution in [0.3, 0.4) is 0 Å². The molecule has 68 valence electrons. The highest BCUT2D eigenvalue weighted by Crippen LogP contribution is 1.71. The summed E-state index contributed by atoms with van der Waals surface area (Å²) in [7, 11) is 0. The van der Waals surface area contributed by atoms with Crippen molar-refractivity contribution in [2.45, 2.75) is 6.10 Å². The number of hydrazine groups is 1. The Morgan fingerprint density at radius 3 is 1.73 bits per heavy atom. The molecule has 0 aromatic heterocycles. The molecule has 11 heavy (non-hydrogen) atoms. The third-order valence-electron chi connectivity index (χ3n) is 0.564. The molecule has 0 aliphatic heterocycles. The van der Waals surface area contributed by atoms with Crippen molar-refractivity contribution in [3.05, 3.63) is 0 Å². The highest BCUT2D eigenvalue weighted by atomic mass is 16.3. The van der Waals surface area contributed by atoms with Gasteiger partial charge >= 0.3 is 6.03 Å². The molecule has 0 saturated carbocycles. The summed E-state index contributed by atoms with van der Waals surface area (Å²) in [6, 6.07) is -0.718. The minimum Gasteiger partial charge on any atom is -0.394 e. The Bertz CT molecular complexity index is 95.3. The number of carbonyl (C=O) groups excluding carboxylic acids is 1. The normalized spacial score (nSPS) is 8.45. The lowest BCUT2D eigenvalue weighted by Gasteiger charge is -1.96. The number of aliphatic hydroxyl groups is 3. The Morgan fingerprint density at radius 1 is 1.45 bits per heavy atom. The first-order valence-corrected chi connectivity index (χ1v) is 2.74. The molecule has 7 heteroatoms. The minimum atomic E-state index is -0.954.